The Labute approximate surface area is 90.5 Å². The van der Waals surface area contributed by atoms with Gasteiger partial charge in [-0.25, -0.2) is 0 Å². The van der Waals surface area contributed by atoms with Crippen molar-refractivity contribution >= 4 is 12.2 Å². The Hall–Kier alpha value is -1.64. The van der Waals surface area contributed by atoms with E-state index in [1.807, 2.05) is 32.9 Å². The number of hydrogen-bond donors (Lipinski definition) is 1. The first kappa shape index (κ1) is 13.4. The zero-order valence-electron chi connectivity index (χ0n) is 9.41. The molecule has 0 atom stereocenters. The van der Waals surface area contributed by atoms with Gasteiger partial charge in [0.05, 0.1) is 6.54 Å². The second-order valence-electron chi connectivity index (χ2n) is 2.74. The van der Waals surface area contributed by atoms with Crippen LogP contribution in [0.1, 0.15) is 29.8 Å². The van der Waals surface area contributed by atoms with Crippen LogP contribution in [0.2, 0.25) is 0 Å². The van der Waals surface area contributed by atoms with Gasteiger partial charge in [0, 0.05) is 5.56 Å². The Balaban J connectivity index is 0.000000921. The molecule has 3 nitrogen and oxygen atoms in total. The Kier molecular flexibility index (Phi) is 6.89. The molecule has 15 heavy (non-hydrogen) atoms. The maximum Gasteiger partial charge on any atom is 0.251 e. The summed E-state index contributed by atoms with van der Waals surface area (Å²) in [4.78, 5) is 21.2. The fourth-order valence-electron chi connectivity index (χ4n) is 0.941. The molecule has 1 aromatic rings. The van der Waals surface area contributed by atoms with Crippen molar-refractivity contribution in [3.05, 3.63) is 35.4 Å². The lowest BCUT2D eigenvalue weighted by Crippen LogP contribution is -2.24. The molecule has 0 aromatic heterocycles. The first-order valence-corrected chi connectivity index (χ1v) is 5.02. The minimum atomic E-state index is -0.216. The largest absolute Gasteiger partial charge is 0.345 e. The Morgan fingerprint density at radius 2 is 1.80 bits per heavy atom. The molecule has 0 radical (unpaired) electrons. The second kappa shape index (κ2) is 7.74. The van der Waals surface area contributed by atoms with Gasteiger partial charge >= 0.3 is 0 Å². The molecule has 82 valence electrons. The summed E-state index contributed by atoms with van der Waals surface area (Å²) in [6.07, 6.45) is 0.659. The van der Waals surface area contributed by atoms with Crippen LogP contribution in [-0.2, 0) is 4.79 Å². The molecule has 0 saturated heterocycles. The maximum atomic E-state index is 11.2. The molecule has 1 aromatic carbocycles. The van der Waals surface area contributed by atoms with Crippen LogP contribution in [0.3, 0.4) is 0 Å². The van der Waals surface area contributed by atoms with E-state index in [1.165, 1.54) is 0 Å². The van der Waals surface area contributed by atoms with E-state index in [0.29, 0.717) is 11.8 Å². The van der Waals surface area contributed by atoms with Gasteiger partial charge in [-0.1, -0.05) is 31.5 Å². The number of aryl methyl sites for hydroxylation is 1. The topological polar surface area (TPSA) is 46.2 Å². The molecule has 0 aliphatic rings. The van der Waals surface area contributed by atoms with Gasteiger partial charge in [0.1, 0.15) is 6.29 Å². The number of nitrogens with one attached hydrogen (secondary N) is 1. The van der Waals surface area contributed by atoms with Gasteiger partial charge in [-0.15, -0.1) is 0 Å². The summed E-state index contributed by atoms with van der Waals surface area (Å²) < 4.78 is 0. The molecule has 0 aliphatic carbocycles. The highest BCUT2D eigenvalue weighted by Crippen LogP contribution is 2.02. The summed E-state index contributed by atoms with van der Waals surface area (Å²) in [6, 6.07) is 7.18. The average molecular weight is 207 g/mol. The highest BCUT2D eigenvalue weighted by molar-refractivity contribution is 5.95. The van der Waals surface area contributed by atoms with Gasteiger partial charge in [0.15, 0.2) is 0 Å². The third-order valence-corrected chi connectivity index (χ3v) is 1.66. The molecule has 1 N–H and O–H groups in total. The van der Waals surface area contributed by atoms with Crippen molar-refractivity contribution in [2.75, 3.05) is 6.54 Å². The average Bonchev–Trinajstić information content (AvgIpc) is 2.29. The van der Waals surface area contributed by atoms with Crippen LogP contribution in [0.25, 0.3) is 0 Å². The van der Waals surface area contributed by atoms with Gasteiger partial charge in [0.25, 0.3) is 5.91 Å². The second-order valence-corrected chi connectivity index (χ2v) is 2.74. The van der Waals surface area contributed by atoms with Crippen LogP contribution < -0.4 is 5.32 Å². The molecular weight excluding hydrogens is 190 g/mol. The highest BCUT2D eigenvalue weighted by atomic mass is 16.2. The van der Waals surface area contributed by atoms with Crippen LogP contribution >= 0.6 is 0 Å². The van der Waals surface area contributed by atoms with Crippen LogP contribution in [0.15, 0.2) is 24.3 Å². The Morgan fingerprint density at radius 1 is 1.27 bits per heavy atom. The predicted octanol–water partition coefficient (Wildman–Crippen LogP) is 1.95. The summed E-state index contributed by atoms with van der Waals surface area (Å²) in [7, 11) is 0. The lowest BCUT2D eigenvalue weighted by Gasteiger charge is -2.00. The maximum absolute atomic E-state index is 11.2. The van der Waals surface area contributed by atoms with E-state index in [4.69, 9.17) is 0 Å². The monoisotopic (exact) mass is 207 g/mol. The smallest absolute Gasteiger partial charge is 0.251 e. The van der Waals surface area contributed by atoms with Crippen molar-refractivity contribution in [2.45, 2.75) is 20.8 Å². The molecule has 0 saturated carbocycles. The molecule has 0 aliphatic heterocycles. The molecule has 3 heteroatoms. The zero-order chi connectivity index (χ0) is 11.7. The van der Waals surface area contributed by atoms with Crippen molar-refractivity contribution in [1.82, 2.24) is 5.32 Å². The minimum absolute atomic E-state index is 0.0622. The Morgan fingerprint density at radius 3 is 2.27 bits per heavy atom. The van der Waals surface area contributed by atoms with E-state index in [9.17, 15) is 9.59 Å². The van der Waals surface area contributed by atoms with E-state index < -0.39 is 0 Å². The number of hydrogen-bond acceptors (Lipinski definition) is 2. The first-order valence-electron chi connectivity index (χ1n) is 5.02. The number of carbonyl (C=O) groups is 2. The fourth-order valence-corrected chi connectivity index (χ4v) is 0.941. The van der Waals surface area contributed by atoms with E-state index >= 15 is 0 Å². The number of benzene rings is 1. The Bertz CT molecular complexity index is 304. The molecule has 1 rings (SSSR count). The summed E-state index contributed by atoms with van der Waals surface area (Å²) in [6.45, 7) is 6.01. The van der Waals surface area contributed by atoms with E-state index in [2.05, 4.69) is 5.32 Å². The van der Waals surface area contributed by atoms with Crippen molar-refractivity contribution in [3.63, 3.8) is 0 Å². The van der Waals surface area contributed by atoms with Crippen molar-refractivity contribution in [1.29, 1.82) is 0 Å². The lowest BCUT2D eigenvalue weighted by molar-refractivity contribution is -0.107. The van der Waals surface area contributed by atoms with Crippen LogP contribution in [-0.4, -0.2) is 18.7 Å². The van der Waals surface area contributed by atoms with Gasteiger partial charge in [-0.05, 0) is 19.1 Å². The van der Waals surface area contributed by atoms with Gasteiger partial charge in [0.2, 0.25) is 0 Å². The number of rotatable bonds is 3. The highest BCUT2D eigenvalue weighted by Gasteiger charge is 2.02. The standard InChI is InChI=1S/C10H11NO2.C2H6/c1-8-2-4-9(5-3-8)10(13)11-6-7-12;1-2/h2-5,7H,6H2,1H3,(H,11,13);1-2H3. The SMILES string of the molecule is CC.Cc1ccc(C(=O)NCC=O)cc1. The number of carbonyl (C=O) groups excluding carboxylic acids is 2. The fraction of sp³-hybridized carbons (Fsp3) is 0.333. The van der Waals surface area contributed by atoms with Crippen LogP contribution in [0.4, 0.5) is 0 Å². The van der Waals surface area contributed by atoms with Gasteiger partial charge < -0.3 is 10.1 Å². The normalized spacial score (nSPS) is 8.47. The molecule has 0 fully saturated rings. The molecule has 0 spiro atoms. The number of aldehydes is 1. The minimum Gasteiger partial charge on any atom is -0.345 e. The van der Waals surface area contributed by atoms with Crippen LogP contribution in [0.5, 0.6) is 0 Å². The van der Waals surface area contributed by atoms with E-state index in [0.717, 1.165) is 5.56 Å². The lowest BCUT2D eigenvalue weighted by atomic mass is 10.1. The summed E-state index contributed by atoms with van der Waals surface area (Å²) >= 11 is 0. The van der Waals surface area contributed by atoms with E-state index in [1.54, 1.807) is 12.1 Å². The zero-order valence-corrected chi connectivity index (χ0v) is 9.41. The quantitative estimate of drug-likeness (QED) is 0.770. The number of amides is 1. The summed E-state index contributed by atoms with van der Waals surface area (Å²) in [5.74, 6) is -0.216. The summed E-state index contributed by atoms with van der Waals surface area (Å²) in [5, 5.41) is 2.46. The van der Waals surface area contributed by atoms with Crippen molar-refractivity contribution < 1.29 is 9.59 Å². The van der Waals surface area contributed by atoms with Crippen molar-refractivity contribution in [3.8, 4) is 0 Å². The molecule has 0 unspecified atom stereocenters. The van der Waals surface area contributed by atoms with Crippen molar-refractivity contribution in [2.24, 2.45) is 0 Å². The first-order chi connectivity index (χ1) is 7.24. The molecule has 0 heterocycles. The molecule has 0 bridgehead atoms. The van der Waals surface area contributed by atoms with Crippen LogP contribution in [0, 0.1) is 6.92 Å². The van der Waals surface area contributed by atoms with Gasteiger partial charge in [-0.3, -0.25) is 4.79 Å². The summed E-state index contributed by atoms with van der Waals surface area (Å²) in [5.41, 5.74) is 1.68. The third kappa shape index (κ3) is 4.96. The predicted molar refractivity (Wildman–Crippen MR) is 60.9 cm³/mol. The molecular formula is C12H17NO2. The van der Waals surface area contributed by atoms with E-state index in [-0.39, 0.29) is 12.5 Å². The third-order valence-electron chi connectivity index (χ3n) is 1.66. The van der Waals surface area contributed by atoms with Gasteiger partial charge in [-0.2, -0.15) is 0 Å². The molecule has 1 amide bonds.